The third-order valence-corrected chi connectivity index (χ3v) is 7.12. The largest absolute Gasteiger partial charge is 0.375 e. The van der Waals surface area contributed by atoms with Gasteiger partial charge in [0.1, 0.15) is 11.5 Å². The van der Waals surface area contributed by atoms with E-state index in [9.17, 15) is 4.79 Å². The van der Waals surface area contributed by atoms with Gasteiger partial charge in [-0.05, 0) is 49.9 Å². The van der Waals surface area contributed by atoms with Crippen LogP contribution in [0.2, 0.25) is 0 Å². The molecule has 0 bridgehead atoms. The second-order valence-electron chi connectivity index (χ2n) is 8.90. The van der Waals surface area contributed by atoms with Crippen LogP contribution in [0.5, 0.6) is 0 Å². The quantitative estimate of drug-likeness (QED) is 0.759. The number of ether oxygens (including phenoxy) is 1. The van der Waals surface area contributed by atoms with Crippen LogP contribution in [0.25, 0.3) is 0 Å². The normalized spacial score (nSPS) is 24.3. The summed E-state index contributed by atoms with van der Waals surface area (Å²) in [6.45, 7) is 6.50. The molecular weight excluding hydrogens is 390 g/mol. The summed E-state index contributed by atoms with van der Waals surface area (Å²) in [7, 11) is 0. The molecule has 2 aromatic rings. The van der Waals surface area contributed by atoms with E-state index in [1.54, 1.807) is 12.3 Å². The molecule has 3 aliphatic heterocycles. The molecule has 0 N–H and O–H groups in total. The Labute approximate surface area is 184 Å². The number of piperazine rings is 1. The minimum absolute atomic E-state index is 0.0356. The molecule has 7 heteroatoms. The molecule has 1 spiro atoms. The maximum atomic E-state index is 12.7. The SMILES string of the molecule is O=C(c1ccccn1)N1CCC2(CC1)C[C@@H](N1CCN(c3ccccn3)CC1)CCO2. The molecular formula is C24H31N5O2. The molecule has 0 saturated carbocycles. The summed E-state index contributed by atoms with van der Waals surface area (Å²) < 4.78 is 6.35. The second kappa shape index (κ2) is 8.93. The van der Waals surface area contributed by atoms with Gasteiger partial charge in [0.2, 0.25) is 0 Å². The van der Waals surface area contributed by atoms with Crippen molar-refractivity contribution in [3.05, 3.63) is 54.5 Å². The van der Waals surface area contributed by atoms with Gasteiger partial charge < -0.3 is 14.5 Å². The van der Waals surface area contributed by atoms with E-state index in [1.165, 1.54) is 0 Å². The maximum Gasteiger partial charge on any atom is 0.272 e. The summed E-state index contributed by atoms with van der Waals surface area (Å²) >= 11 is 0. The van der Waals surface area contributed by atoms with Crippen molar-refractivity contribution in [2.75, 3.05) is 50.8 Å². The summed E-state index contributed by atoms with van der Waals surface area (Å²) in [5.74, 6) is 1.11. The van der Waals surface area contributed by atoms with E-state index in [-0.39, 0.29) is 11.5 Å². The highest BCUT2D eigenvalue weighted by molar-refractivity contribution is 5.92. The third kappa shape index (κ3) is 4.43. The Morgan fingerprint density at radius 3 is 2.35 bits per heavy atom. The highest BCUT2D eigenvalue weighted by Gasteiger charge is 2.43. The number of rotatable bonds is 3. The van der Waals surface area contributed by atoms with Gasteiger partial charge >= 0.3 is 0 Å². The first-order valence-corrected chi connectivity index (χ1v) is 11.5. The zero-order chi connectivity index (χ0) is 21.1. The van der Waals surface area contributed by atoms with Gasteiger partial charge in [-0.15, -0.1) is 0 Å². The molecule has 5 rings (SSSR count). The topological polar surface area (TPSA) is 61.8 Å². The summed E-state index contributed by atoms with van der Waals surface area (Å²) in [5.41, 5.74) is 0.453. The molecule has 31 heavy (non-hydrogen) atoms. The van der Waals surface area contributed by atoms with Gasteiger partial charge in [0.15, 0.2) is 0 Å². The van der Waals surface area contributed by atoms with Crippen LogP contribution in [0.4, 0.5) is 5.82 Å². The van der Waals surface area contributed by atoms with Gasteiger partial charge in [-0.2, -0.15) is 0 Å². The predicted octanol–water partition coefficient (Wildman–Crippen LogP) is 2.45. The number of carbonyl (C=O) groups is 1. The molecule has 0 radical (unpaired) electrons. The molecule has 3 aliphatic rings. The molecule has 0 aromatic carbocycles. The number of nitrogens with zero attached hydrogens (tertiary/aromatic N) is 5. The fourth-order valence-electron chi connectivity index (χ4n) is 5.29. The minimum Gasteiger partial charge on any atom is -0.375 e. The lowest BCUT2D eigenvalue weighted by Gasteiger charge is -2.49. The van der Waals surface area contributed by atoms with Crippen molar-refractivity contribution >= 4 is 11.7 Å². The number of anilines is 1. The van der Waals surface area contributed by atoms with E-state index in [1.807, 2.05) is 29.3 Å². The van der Waals surface area contributed by atoms with Crippen molar-refractivity contribution in [2.45, 2.75) is 37.3 Å². The molecule has 2 aromatic heterocycles. The lowest BCUT2D eigenvalue weighted by atomic mass is 9.81. The number of aromatic nitrogens is 2. The maximum absolute atomic E-state index is 12.7. The first-order chi connectivity index (χ1) is 15.2. The predicted molar refractivity (Wildman–Crippen MR) is 119 cm³/mol. The van der Waals surface area contributed by atoms with Gasteiger partial charge in [0, 0.05) is 64.3 Å². The van der Waals surface area contributed by atoms with Gasteiger partial charge in [0.25, 0.3) is 5.91 Å². The zero-order valence-electron chi connectivity index (χ0n) is 18.0. The van der Waals surface area contributed by atoms with E-state index in [2.05, 4.69) is 31.9 Å². The third-order valence-electron chi connectivity index (χ3n) is 7.12. The molecule has 0 aliphatic carbocycles. The van der Waals surface area contributed by atoms with Crippen LogP contribution < -0.4 is 4.90 Å². The fourth-order valence-corrected chi connectivity index (χ4v) is 5.29. The Kier molecular flexibility index (Phi) is 5.87. The van der Waals surface area contributed by atoms with Crippen molar-refractivity contribution in [1.29, 1.82) is 0 Å². The van der Waals surface area contributed by atoms with Crippen LogP contribution in [-0.2, 0) is 4.74 Å². The summed E-state index contributed by atoms with van der Waals surface area (Å²) in [4.78, 5) is 28.4. The number of likely N-dealkylation sites (tertiary alicyclic amines) is 1. The van der Waals surface area contributed by atoms with Crippen molar-refractivity contribution in [3.63, 3.8) is 0 Å². The van der Waals surface area contributed by atoms with Crippen molar-refractivity contribution in [3.8, 4) is 0 Å². The second-order valence-corrected chi connectivity index (χ2v) is 8.90. The number of pyridine rings is 2. The van der Waals surface area contributed by atoms with Gasteiger partial charge in [-0.3, -0.25) is 14.7 Å². The molecule has 7 nitrogen and oxygen atoms in total. The molecule has 1 atom stereocenters. The first kappa shape index (κ1) is 20.4. The highest BCUT2D eigenvalue weighted by Crippen LogP contribution is 2.37. The van der Waals surface area contributed by atoms with Crippen LogP contribution in [0.1, 0.15) is 36.2 Å². The van der Waals surface area contributed by atoms with Crippen molar-refractivity contribution < 1.29 is 9.53 Å². The monoisotopic (exact) mass is 421 g/mol. The number of amides is 1. The summed E-state index contributed by atoms with van der Waals surface area (Å²) in [6.07, 6.45) is 7.55. The number of piperidine rings is 1. The minimum atomic E-state index is -0.0814. The Morgan fingerprint density at radius 2 is 1.68 bits per heavy atom. The standard InChI is InChI=1S/C24H31N5O2/c30-23(21-5-1-3-10-25-21)29-12-8-24(9-13-29)19-20(7-18-31-24)27-14-16-28(17-15-27)22-6-2-4-11-26-22/h1-6,10-11,20H,7-9,12-19H2/t20-/m0/s1. The van der Waals surface area contributed by atoms with Crippen LogP contribution in [0.15, 0.2) is 48.8 Å². The zero-order valence-corrected chi connectivity index (χ0v) is 18.0. The Bertz CT molecular complexity index is 862. The summed E-state index contributed by atoms with van der Waals surface area (Å²) in [6, 6.07) is 12.2. The summed E-state index contributed by atoms with van der Waals surface area (Å²) in [5, 5.41) is 0. The fraction of sp³-hybridized carbons (Fsp3) is 0.542. The van der Waals surface area contributed by atoms with Crippen LogP contribution in [0.3, 0.4) is 0 Å². The van der Waals surface area contributed by atoms with E-state index in [4.69, 9.17) is 4.74 Å². The molecule has 164 valence electrons. The lowest BCUT2D eigenvalue weighted by Crippen LogP contribution is -2.57. The average molecular weight is 422 g/mol. The highest BCUT2D eigenvalue weighted by atomic mass is 16.5. The Hall–Kier alpha value is -2.51. The van der Waals surface area contributed by atoms with E-state index >= 15 is 0 Å². The van der Waals surface area contributed by atoms with E-state index < -0.39 is 0 Å². The Balaban J connectivity index is 1.15. The molecule has 3 saturated heterocycles. The van der Waals surface area contributed by atoms with Gasteiger partial charge in [-0.1, -0.05) is 12.1 Å². The lowest BCUT2D eigenvalue weighted by molar-refractivity contribution is -0.130. The van der Waals surface area contributed by atoms with Crippen LogP contribution >= 0.6 is 0 Å². The van der Waals surface area contributed by atoms with E-state index in [0.29, 0.717) is 11.7 Å². The number of hydrogen-bond acceptors (Lipinski definition) is 6. The van der Waals surface area contributed by atoms with Gasteiger partial charge in [-0.25, -0.2) is 4.98 Å². The smallest absolute Gasteiger partial charge is 0.272 e. The van der Waals surface area contributed by atoms with Crippen LogP contribution in [-0.4, -0.2) is 83.2 Å². The van der Waals surface area contributed by atoms with E-state index in [0.717, 1.165) is 77.4 Å². The number of hydrogen-bond donors (Lipinski definition) is 0. The molecule has 3 fully saturated rings. The van der Waals surface area contributed by atoms with Crippen molar-refractivity contribution in [1.82, 2.24) is 19.8 Å². The molecule has 1 amide bonds. The molecule has 0 unspecified atom stereocenters. The van der Waals surface area contributed by atoms with Gasteiger partial charge in [0.05, 0.1) is 5.60 Å². The van der Waals surface area contributed by atoms with Crippen molar-refractivity contribution in [2.24, 2.45) is 0 Å². The number of carbonyl (C=O) groups excluding carboxylic acids is 1. The first-order valence-electron chi connectivity index (χ1n) is 11.5. The average Bonchev–Trinajstić information content (AvgIpc) is 2.85. The van der Waals surface area contributed by atoms with Crippen LogP contribution in [0, 0.1) is 0 Å². The Morgan fingerprint density at radius 1 is 0.935 bits per heavy atom. The molecule has 5 heterocycles.